The van der Waals surface area contributed by atoms with E-state index in [0.29, 0.717) is 0 Å². The van der Waals surface area contributed by atoms with Gasteiger partial charge in [-0.15, -0.1) is 0 Å². The Morgan fingerprint density at radius 3 is 1.25 bits per heavy atom. The summed E-state index contributed by atoms with van der Waals surface area (Å²) in [4.78, 5) is 0. The summed E-state index contributed by atoms with van der Waals surface area (Å²) in [6.45, 7) is 2.30. The van der Waals surface area contributed by atoms with Gasteiger partial charge in [-0.3, -0.25) is 0 Å². The molecule has 24 heavy (non-hydrogen) atoms. The van der Waals surface area contributed by atoms with Crippen molar-refractivity contribution in [3.05, 3.63) is 0 Å². The molecule has 0 aromatic carbocycles. The van der Waals surface area contributed by atoms with Crippen molar-refractivity contribution in [3.8, 4) is 0 Å². The van der Waals surface area contributed by atoms with Gasteiger partial charge in [0.25, 0.3) is 0 Å². The Balaban J connectivity index is 1.66. The summed E-state index contributed by atoms with van der Waals surface area (Å²) < 4.78 is 0. The molecular weight excluding hydrogens is 288 g/mol. The zero-order chi connectivity index (χ0) is 17.1. The highest BCUT2D eigenvalue weighted by Gasteiger charge is 2.12. The van der Waals surface area contributed by atoms with Crippen LogP contribution in [-0.2, 0) is 0 Å². The molecule has 0 nitrogen and oxygen atoms in total. The van der Waals surface area contributed by atoms with Crippen molar-refractivity contribution in [1.82, 2.24) is 0 Å². The van der Waals surface area contributed by atoms with Crippen LogP contribution in [-0.4, -0.2) is 0 Å². The van der Waals surface area contributed by atoms with E-state index in [-0.39, 0.29) is 0 Å². The lowest BCUT2D eigenvalue weighted by Gasteiger charge is -2.21. The van der Waals surface area contributed by atoms with Gasteiger partial charge in [-0.1, -0.05) is 148 Å². The molecule has 0 bridgehead atoms. The third-order valence-electron chi connectivity index (χ3n) is 6.19. The molecule has 0 spiro atoms. The number of hydrogen-bond donors (Lipinski definition) is 0. The van der Waals surface area contributed by atoms with Crippen LogP contribution in [0.4, 0.5) is 0 Å². The SMILES string of the molecule is CCCCCCCCCCCCCCCCCCC1CCCCC1. The second-order valence-corrected chi connectivity index (χ2v) is 8.60. The molecule has 0 aromatic rings. The van der Waals surface area contributed by atoms with Crippen molar-refractivity contribution in [2.45, 2.75) is 148 Å². The molecule has 0 aromatic heterocycles. The molecule has 1 aliphatic carbocycles. The summed E-state index contributed by atoms with van der Waals surface area (Å²) in [5.41, 5.74) is 0. The fourth-order valence-corrected chi connectivity index (χ4v) is 4.46. The van der Waals surface area contributed by atoms with E-state index in [9.17, 15) is 0 Å². The van der Waals surface area contributed by atoms with Gasteiger partial charge in [0.05, 0.1) is 0 Å². The molecule has 1 saturated carbocycles. The maximum atomic E-state index is 2.30. The first-order chi connectivity index (χ1) is 11.9. The van der Waals surface area contributed by atoms with Crippen LogP contribution in [0.3, 0.4) is 0 Å². The zero-order valence-corrected chi connectivity index (χ0v) is 17.1. The molecule has 0 saturated heterocycles. The van der Waals surface area contributed by atoms with Gasteiger partial charge in [0.1, 0.15) is 0 Å². The molecule has 0 unspecified atom stereocenters. The van der Waals surface area contributed by atoms with Gasteiger partial charge < -0.3 is 0 Å². The van der Waals surface area contributed by atoms with Crippen LogP contribution in [0, 0.1) is 5.92 Å². The Kier molecular flexibility index (Phi) is 16.4. The average molecular weight is 337 g/mol. The normalized spacial score (nSPS) is 15.9. The molecule has 0 atom stereocenters. The summed E-state index contributed by atoms with van der Waals surface area (Å²) in [6, 6.07) is 0. The van der Waals surface area contributed by atoms with Crippen LogP contribution in [0.2, 0.25) is 0 Å². The Morgan fingerprint density at radius 2 is 0.833 bits per heavy atom. The van der Waals surface area contributed by atoms with E-state index in [2.05, 4.69) is 6.92 Å². The molecule has 0 heterocycles. The molecule has 144 valence electrons. The summed E-state index contributed by atoms with van der Waals surface area (Å²) in [5, 5.41) is 0. The van der Waals surface area contributed by atoms with E-state index in [1.165, 1.54) is 122 Å². The first-order valence-electron chi connectivity index (χ1n) is 11.9. The second-order valence-electron chi connectivity index (χ2n) is 8.60. The lowest BCUT2D eigenvalue weighted by Crippen LogP contribution is -2.05. The Morgan fingerprint density at radius 1 is 0.458 bits per heavy atom. The molecule has 1 aliphatic rings. The van der Waals surface area contributed by atoms with Gasteiger partial charge in [0.2, 0.25) is 0 Å². The first-order valence-corrected chi connectivity index (χ1v) is 11.9. The summed E-state index contributed by atoms with van der Waals surface area (Å²) in [6.07, 6.45) is 32.9. The maximum Gasteiger partial charge on any atom is -0.0414 e. The monoisotopic (exact) mass is 336 g/mol. The smallest absolute Gasteiger partial charge is 0.0414 e. The van der Waals surface area contributed by atoms with Crippen molar-refractivity contribution < 1.29 is 0 Å². The summed E-state index contributed by atoms with van der Waals surface area (Å²) >= 11 is 0. The summed E-state index contributed by atoms with van der Waals surface area (Å²) in [5.74, 6) is 1.10. The molecule has 0 aliphatic heterocycles. The van der Waals surface area contributed by atoms with Crippen LogP contribution in [0.25, 0.3) is 0 Å². The van der Waals surface area contributed by atoms with Crippen molar-refractivity contribution in [1.29, 1.82) is 0 Å². The van der Waals surface area contributed by atoms with E-state index in [1.54, 1.807) is 19.3 Å². The highest BCUT2D eigenvalue weighted by molar-refractivity contribution is 4.65. The van der Waals surface area contributed by atoms with Gasteiger partial charge >= 0.3 is 0 Å². The first kappa shape index (κ1) is 22.0. The molecule has 1 fully saturated rings. The van der Waals surface area contributed by atoms with Gasteiger partial charge in [-0.2, -0.15) is 0 Å². The largest absolute Gasteiger partial charge is 0.0654 e. The lowest BCUT2D eigenvalue weighted by molar-refractivity contribution is 0.328. The van der Waals surface area contributed by atoms with Gasteiger partial charge in [0.15, 0.2) is 0 Å². The van der Waals surface area contributed by atoms with E-state index in [4.69, 9.17) is 0 Å². The van der Waals surface area contributed by atoms with Gasteiger partial charge in [0, 0.05) is 0 Å². The van der Waals surface area contributed by atoms with E-state index in [1.807, 2.05) is 0 Å². The fraction of sp³-hybridized carbons (Fsp3) is 1.00. The van der Waals surface area contributed by atoms with Crippen molar-refractivity contribution in [3.63, 3.8) is 0 Å². The van der Waals surface area contributed by atoms with Gasteiger partial charge in [-0.25, -0.2) is 0 Å². The fourth-order valence-electron chi connectivity index (χ4n) is 4.46. The zero-order valence-electron chi connectivity index (χ0n) is 17.1. The minimum Gasteiger partial charge on any atom is -0.0654 e. The second kappa shape index (κ2) is 17.8. The molecular formula is C24H48. The molecule has 1 rings (SSSR count). The van der Waals surface area contributed by atoms with Gasteiger partial charge in [-0.05, 0) is 5.92 Å². The van der Waals surface area contributed by atoms with E-state index >= 15 is 0 Å². The topological polar surface area (TPSA) is 0 Å². The van der Waals surface area contributed by atoms with Crippen molar-refractivity contribution in [2.24, 2.45) is 5.92 Å². The van der Waals surface area contributed by atoms with E-state index < -0.39 is 0 Å². The number of rotatable bonds is 17. The number of hydrogen-bond acceptors (Lipinski definition) is 0. The quantitative estimate of drug-likeness (QED) is 0.232. The Hall–Kier alpha value is 0. The predicted octanol–water partition coefficient (Wildman–Crippen LogP) is 9.22. The van der Waals surface area contributed by atoms with E-state index in [0.717, 1.165) is 5.92 Å². The molecule has 0 heteroatoms. The highest BCUT2D eigenvalue weighted by atomic mass is 14.2. The third kappa shape index (κ3) is 14.4. The Bertz CT molecular complexity index is 226. The number of unbranched alkanes of at least 4 members (excludes halogenated alkanes) is 15. The standard InChI is InChI=1S/C24H48/c1-2-3-4-5-6-7-8-9-10-11-12-13-14-15-16-18-21-24-22-19-17-20-23-24/h24H,2-23H2,1H3. The van der Waals surface area contributed by atoms with Crippen molar-refractivity contribution in [2.75, 3.05) is 0 Å². The van der Waals surface area contributed by atoms with Crippen LogP contribution >= 0.6 is 0 Å². The predicted molar refractivity (Wildman–Crippen MR) is 111 cm³/mol. The maximum absolute atomic E-state index is 2.30. The lowest BCUT2D eigenvalue weighted by atomic mass is 9.85. The van der Waals surface area contributed by atoms with Crippen molar-refractivity contribution >= 4 is 0 Å². The molecule has 0 N–H and O–H groups in total. The highest BCUT2D eigenvalue weighted by Crippen LogP contribution is 2.28. The minimum absolute atomic E-state index is 1.10. The third-order valence-corrected chi connectivity index (χ3v) is 6.19. The Labute approximate surface area is 154 Å². The average Bonchev–Trinajstić information content (AvgIpc) is 2.62. The van der Waals surface area contributed by atoms with Crippen LogP contribution in [0.15, 0.2) is 0 Å². The minimum atomic E-state index is 1.10. The van der Waals surface area contributed by atoms with Crippen LogP contribution in [0.5, 0.6) is 0 Å². The van der Waals surface area contributed by atoms with Crippen LogP contribution in [0.1, 0.15) is 148 Å². The van der Waals surface area contributed by atoms with Crippen LogP contribution < -0.4 is 0 Å². The molecule has 0 amide bonds. The molecule has 0 radical (unpaired) electrons. The summed E-state index contributed by atoms with van der Waals surface area (Å²) in [7, 11) is 0.